The van der Waals surface area contributed by atoms with Crippen molar-refractivity contribution in [1.29, 1.82) is 0 Å². The van der Waals surface area contributed by atoms with Crippen LogP contribution in [0.15, 0.2) is 83.9 Å². The third-order valence-corrected chi connectivity index (χ3v) is 4.13. The lowest BCUT2D eigenvalue weighted by atomic mass is 10.0. The molecule has 0 saturated carbocycles. The fraction of sp³-hybridized carbons (Fsp3) is 0.130. The zero-order valence-corrected chi connectivity index (χ0v) is 15.0. The summed E-state index contributed by atoms with van der Waals surface area (Å²) >= 11 is 0. The molecule has 3 aromatic rings. The molecule has 3 aromatic carbocycles. The first-order valence-electron chi connectivity index (χ1n) is 8.72. The zero-order chi connectivity index (χ0) is 18.4. The number of hydrogen-bond acceptors (Lipinski definition) is 2. The molecule has 0 aliphatic rings. The van der Waals surface area contributed by atoms with E-state index in [2.05, 4.69) is 48.4 Å². The normalized spacial score (nSPS) is 11.0. The van der Waals surface area contributed by atoms with Gasteiger partial charge in [0.15, 0.2) is 0 Å². The molecule has 3 nitrogen and oxygen atoms in total. The van der Waals surface area contributed by atoms with Crippen molar-refractivity contribution in [3.05, 3.63) is 95.6 Å². The van der Waals surface area contributed by atoms with Crippen molar-refractivity contribution in [2.45, 2.75) is 19.8 Å². The van der Waals surface area contributed by atoms with Gasteiger partial charge in [0.2, 0.25) is 0 Å². The third-order valence-electron chi connectivity index (χ3n) is 4.13. The second kappa shape index (κ2) is 8.26. The second-order valence-electron chi connectivity index (χ2n) is 6.45. The minimum atomic E-state index is -0.118. The number of nitrogens with one attached hydrogen (secondary N) is 1. The van der Waals surface area contributed by atoms with Crippen molar-refractivity contribution in [2.75, 3.05) is 5.32 Å². The molecule has 0 saturated heterocycles. The number of carbonyl (C=O) groups is 1. The Kier molecular flexibility index (Phi) is 5.59. The van der Waals surface area contributed by atoms with E-state index in [9.17, 15) is 4.79 Å². The Bertz CT molecular complexity index is 880. The zero-order valence-electron chi connectivity index (χ0n) is 15.0. The van der Waals surface area contributed by atoms with Gasteiger partial charge < -0.3 is 5.32 Å². The molecule has 0 heterocycles. The van der Waals surface area contributed by atoms with E-state index in [-0.39, 0.29) is 5.91 Å². The number of aliphatic imine (C=N–C) groups is 1. The maximum Gasteiger partial charge on any atom is 0.255 e. The van der Waals surface area contributed by atoms with Gasteiger partial charge >= 0.3 is 0 Å². The number of nitrogens with zero attached hydrogens (tertiary/aromatic N) is 1. The topological polar surface area (TPSA) is 41.5 Å². The Balaban J connectivity index is 1.63. The Morgan fingerprint density at radius 1 is 0.885 bits per heavy atom. The molecule has 0 bridgehead atoms. The number of amides is 1. The Morgan fingerprint density at radius 2 is 1.54 bits per heavy atom. The summed E-state index contributed by atoms with van der Waals surface area (Å²) in [4.78, 5) is 16.6. The summed E-state index contributed by atoms with van der Waals surface area (Å²) in [6.07, 6.45) is 1.85. The predicted molar refractivity (Wildman–Crippen MR) is 109 cm³/mol. The molecule has 3 rings (SSSR count). The van der Waals surface area contributed by atoms with Crippen LogP contribution in [0, 0.1) is 0 Å². The Labute approximate surface area is 154 Å². The Hall–Kier alpha value is -3.20. The molecule has 1 N–H and O–H groups in total. The molecule has 0 aliphatic carbocycles. The van der Waals surface area contributed by atoms with Crippen LogP contribution in [0.5, 0.6) is 0 Å². The van der Waals surface area contributed by atoms with Crippen molar-refractivity contribution < 1.29 is 4.79 Å². The Morgan fingerprint density at radius 3 is 2.15 bits per heavy atom. The van der Waals surface area contributed by atoms with Gasteiger partial charge in [-0.3, -0.25) is 9.79 Å². The molecule has 3 heteroatoms. The van der Waals surface area contributed by atoms with Crippen LogP contribution in [0.4, 0.5) is 11.4 Å². The molecule has 0 unspecified atom stereocenters. The van der Waals surface area contributed by atoms with E-state index in [1.165, 1.54) is 5.56 Å². The lowest BCUT2D eigenvalue weighted by Gasteiger charge is -2.05. The van der Waals surface area contributed by atoms with Crippen LogP contribution in [0.3, 0.4) is 0 Å². The van der Waals surface area contributed by atoms with E-state index in [1.54, 1.807) is 12.1 Å². The molecular formula is C23H22N2O. The highest BCUT2D eigenvalue weighted by molar-refractivity contribution is 6.04. The van der Waals surface area contributed by atoms with E-state index in [0.29, 0.717) is 11.5 Å². The van der Waals surface area contributed by atoms with Gasteiger partial charge in [-0.2, -0.15) is 0 Å². The number of hydrogen-bond donors (Lipinski definition) is 1. The highest BCUT2D eigenvalue weighted by atomic mass is 16.1. The molecule has 26 heavy (non-hydrogen) atoms. The highest BCUT2D eigenvalue weighted by Gasteiger charge is 2.04. The summed E-state index contributed by atoms with van der Waals surface area (Å²) in [5.41, 5.74) is 4.62. The summed E-state index contributed by atoms with van der Waals surface area (Å²) < 4.78 is 0. The molecule has 0 radical (unpaired) electrons. The first-order chi connectivity index (χ1) is 12.6. The van der Waals surface area contributed by atoms with E-state index in [0.717, 1.165) is 16.9 Å². The van der Waals surface area contributed by atoms with Gasteiger partial charge in [0.05, 0.1) is 5.69 Å². The molecular weight excluding hydrogens is 320 g/mol. The average Bonchev–Trinajstić information content (AvgIpc) is 2.68. The van der Waals surface area contributed by atoms with Crippen molar-refractivity contribution in [3.8, 4) is 0 Å². The van der Waals surface area contributed by atoms with Crippen LogP contribution in [-0.4, -0.2) is 12.1 Å². The SMILES string of the molecule is CC(C)c1ccc(C=Nc2ccc(NC(=O)c3ccccc3)cc2)cc1. The van der Waals surface area contributed by atoms with Gasteiger partial charge in [-0.05, 0) is 53.4 Å². The molecule has 0 aliphatic heterocycles. The number of carbonyl (C=O) groups excluding carboxylic acids is 1. The largest absolute Gasteiger partial charge is 0.322 e. The lowest BCUT2D eigenvalue weighted by molar-refractivity contribution is 0.102. The van der Waals surface area contributed by atoms with Crippen LogP contribution < -0.4 is 5.32 Å². The van der Waals surface area contributed by atoms with E-state index in [1.807, 2.05) is 48.7 Å². The van der Waals surface area contributed by atoms with Gasteiger partial charge in [0, 0.05) is 17.5 Å². The predicted octanol–water partition coefficient (Wildman–Crippen LogP) is 5.81. The molecule has 0 fully saturated rings. The van der Waals surface area contributed by atoms with Crippen molar-refractivity contribution >= 4 is 23.5 Å². The van der Waals surface area contributed by atoms with E-state index >= 15 is 0 Å². The van der Waals surface area contributed by atoms with Gasteiger partial charge in [-0.15, -0.1) is 0 Å². The number of anilines is 1. The van der Waals surface area contributed by atoms with Crippen LogP contribution in [0.1, 0.15) is 41.3 Å². The first kappa shape index (κ1) is 17.6. The monoisotopic (exact) mass is 342 g/mol. The molecule has 130 valence electrons. The average molecular weight is 342 g/mol. The van der Waals surface area contributed by atoms with Gasteiger partial charge in [-0.1, -0.05) is 56.3 Å². The minimum absolute atomic E-state index is 0.118. The summed E-state index contributed by atoms with van der Waals surface area (Å²) in [6.45, 7) is 4.36. The molecule has 0 spiro atoms. The molecule has 1 amide bonds. The molecule has 0 aromatic heterocycles. The maximum atomic E-state index is 12.1. The van der Waals surface area contributed by atoms with Crippen LogP contribution >= 0.6 is 0 Å². The van der Waals surface area contributed by atoms with E-state index in [4.69, 9.17) is 0 Å². The fourth-order valence-electron chi connectivity index (χ4n) is 2.54. The summed E-state index contributed by atoms with van der Waals surface area (Å²) in [5, 5.41) is 2.89. The number of rotatable bonds is 5. The van der Waals surface area contributed by atoms with Crippen LogP contribution in [0.25, 0.3) is 0 Å². The maximum absolute atomic E-state index is 12.1. The molecule has 0 atom stereocenters. The summed E-state index contributed by atoms with van der Waals surface area (Å²) in [5.74, 6) is 0.409. The first-order valence-corrected chi connectivity index (χ1v) is 8.72. The van der Waals surface area contributed by atoms with Gasteiger partial charge in [0.25, 0.3) is 5.91 Å². The van der Waals surface area contributed by atoms with Crippen molar-refractivity contribution in [2.24, 2.45) is 4.99 Å². The highest BCUT2D eigenvalue weighted by Crippen LogP contribution is 2.18. The van der Waals surface area contributed by atoms with Crippen LogP contribution in [-0.2, 0) is 0 Å². The summed E-state index contributed by atoms with van der Waals surface area (Å²) in [6, 6.07) is 25.1. The summed E-state index contributed by atoms with van der Waals surface area (Å²) in [7, 11) is 0. The lowest BCUT2D eigenvalue weighted by Crippen LogP contribution is -2.11. The fourth-order valence-corrected chi connectivity index (χ4v) is 2.54. The second-order valence-corrected chi connectivity index (χ2v) is 6.45. The quantitative estimate of drug-likeness (QED) is 0.584. The van der Waals surface area contributed by atoms with Crippen molar-refractivity contribution in [3.63, 3.8) is 0 Å². The minimum Gasteiger partial charge on any atom is -0.322 e. The van der Waals surface area contributed by atoms with Gasteiger partial charge in [0.1, 0.15) is 0 Å². The smallest absolute Gasteiger partial charge is 0.255 e. The number of benzene rings is 3. The van der Waals surface area contributed by atoms with Gasteiger partial charge in [-0.25, -0.2) is 0 Å². The standard InChI is InChI=1S/C23H22N2O/c1-17(2)19-10-8-18(9-11-19)16-24-21-12-14-22(15-13-21)25-23(26)20-6-4-3-5-7-20/h3-17H,1-2H3,(H,25,26). The third kappa shape index (κ3) is 4.67. The van der Waals surface area contributed by atoms with E-state index < -0.39 is 0 Å². The van der Waals surface area contributed by atoms with Crippen molar-refractivity contribution in [1.82, 2.24) is 0 Å². The van der Waals surface area contributed by atoms with Crippen LogP contribution in [0.2, 0.25) is 0 Å².